The maximum Gasteiger partial charge on any atom is 0.414 e. The number of halogens is 1. The molecule has 1 N–H and O–H groups in total. The second kappa shape index (κ2) is 8.29. The average molecular weight is 416 g/mol. The van der Waals surface area contributed by atoms with E-state index in [4.69, 9.17) is 16.3 Å². The van der Waals surface area contributed by atoms with Crippen LogP contribution in [0.1, 0.15) is 46.1 Å². The minimum atomic E-state index is -0.538. The summed E-state index contributed by atoms with van der Waals surface area (Å²) < 4.78 is 7.15. The van der Waals surface area contributed by atoms with Crippen molar-refractivity contribution < 1.29 is 9.53 Å². The summed E-state index contributed by atoms with van der Waals surface area (Å²) in [6, 6.07) is 1.73. The fourth-order valence-electron chi connectivity index (χ4n) is 2.79. The summed E-state index contributed by atoms with van der Waals surface area (Å²) in [5.74, 6) is 0.995. The van der Waals surface area contributed by atoms with Crippen molar-refractivity contribution in [2.75, 3.05) is 11.9 Å². The van der Waals surface area contributed by atoms with Crippen LogP contribution >= 0.6 is 11.6 Å². The maximum absolute atomic E-state index is 12.2. The molecule has 7 nitrogen and oxygen atoms in total. The van der Waals surface area contributed by atoms with Gasteiger partial charge < -0.3 is 10.1 Å². The van der Waals surface area contributed by atoms with Gasteiger partial charge in [-0.3, -0.25) is 4.90 Å². The van der Waals surface area contributed by atoms with Gasteiger partial charge in [0, 0.05) is 30.1 Å². The quantitative estimate of drug-likeness (QED) is 0.704. The predicted octanol–water partition coefficient (Wildman–Crippen LogP) is 5.12. The molecule has 2 aromatic heterocycles. The highest BCUT2D eigenvalue weighted by atomic mass is 35.5. The Morgan fingerprint density at radius 1 is 1.34 bits per heavy atom. The topological polar surface area (TPSA) is 71.8 Å². The van der Waals surface area contributed by atoms with Gasteiger partial charge in [-0.15, -0.1) is 0 Å². The first-order chi connectivity index (χ1) is 13.6. The van der Waals surface area contributed by atoms with E-state index in [0.29, 0.717) is 17.5 Å². The third kappa shape index (κ3) is 5.17. The molecule has 0 saturated carbocycles. The molecule has 1 amide bonds. The van der Waals surface area contributed by atoms with Gasteiger partial charge in [0.25, 0.3) is 0 Å². The molecule has 0 aliphatic carbocycles. The summed E-state index contributed by atoms with van der Waals surface area (Å²) in [6.07, 6.45) is 10.6. The summed E-state index contributed by atoms with van der Waals surface area (Å²) in [5.41, 5.74) is 2.06. The molecule has 1 aliphatic rings. The van der Waals surface area contributed by atoms with Gasteiger partial charge in [0.15, 0.2) is 5.65 Å². The molecule has 0 saturated heterocycles. The van der Waals surface area contributed by atoms with Gasteiger partial charge in [0.05, 0.1) is 6.20 Å². The summed E-state index contributed by atoms with van der Waals surface area (Å²) in [6.45, 7) is 10.1. The summed E-state index contributed by atoms with van der Waals surface area (Å²) >= 11 is 6.24. The lowest BCUT2D eigenvalue weighted by atomic mass is 10.1. The summed E-state index contributed by atoms with van der Waals surface area (Å²) in [4.78, 5) is 18.2. The second-order valence-corrected chi connectivity index (χ2v) is 8.46. The Hall–Kier alpha value is -2.80. The second-order valence-electron chi connectivity index (χ2n) is 8.08. The lowest BCUT2D eigenvalue weighted by molar-refractivity contribution is 0.0351. The van der Waals surface area contributed by atoms with E-state index in [1.165, 1.54) is 4.90 Å². The number of hydrogen-bond donors (Lipinski definition) is 1. The van der Waals surface area contributed by atoms with Crippen LogP contribution in [0.5, 0.6) is 0 Å². The van der Waals surface area contributed by atoms with E-state index in [-0.39, 0.29) is 12.0 Å². The molecule has 2 aromatic rings. The van der Waals surface area contributed by atoms with E-state index in [1.807, 2.05) is 45.2 Å². The molecule has 0 fully saturated rings. The molecule has 3 heterocycles. The highest BCUT2D eigenvalue weighted by Crippen LogP contribution is 2.25. The van der Waals surface area contributed by atoms with E-state index >= 15 is 0 Å². The van der Waals surface area contributed by atoms with Gasteiger partial charge >= 0.3 is 6.09 Å². The Labute approximate surface area is 175 Å². The van der Waals surface area contributed by atoms with Crippen LogP contribution in [0.15, 0.2) is 48.5 Å². The van der Waals surface area contributed by atoms with Crippen molar-refractivity contribution in [1.29, 1.82) is 0 Å². The first-order valence-corrected chi connectivity index (χ1v) is 9.87. The van der Waals surface area contributed by atoms with Gasteiger partial charge in [0.2, 0.25) is 0 Å². The molecule has 0 bridgehead atoms. The predicted molar refractivity (Wildman–Crippen MR) is 115 cm³/mol. The number of ether oxygens (including phenoxy) is 1. The van der Waals surface area contributed by atoms with Crippen molar-refractivity contribution in [3.63, 3.8) is 0 Å². The smallest absolute Gasteiger partial charge is 0.414 e. The standard InChI is InChI=1S/C21H26ClN5O2/c1-14(2)16-13-23-27-18(12-17(22)25-19(16)27)24-15-8-6-10-26(11-7-9-15)20(28)29-21(3,4)5/h6-10,12-14,24H,11H2,1-5H3/b9-7-,10-6-,15-8+. The number of hydrogen-bond acceptors (Lipinski definition) is 5. The number of amides is 1. The minimum absolute atomic E-state index is 0.286. The van der Waals surface area contributed by atoms with Crippen LogP contribution in [0, 0.1) is 0 Å². The van der Waals surface area contributed by atoms with Crippen molar-refractivity contribution in [3.8, 4) is 0 Å². The zero-order valence-corrected chi connectivity index (χ0v) is 18.1. The van der Waals surface area contributed by atoms with E-state index in [9.17, 15) is 4.79 Å². The number of nitrogens with one attached hydrogen (secondary N) is 1. The molecule has 3 rings (SSSR count). The van der Waals surface area contributed by atoms with Crippen LogP contribution < -0.4 is 5.32 Å². The molecular weight excluding hydrogens is 390 g/mol. The lowest BCUT2D eigenvalue weighted by Gasteiger charge is -2.24. The molecule has 0 radical (unpaired) electrons. The van der Waals surface area contributed by atoms with Crippen LogP contribution in [-0.4, -0.2) is 37.7 Å². The number of carbonyl (C=O) groups is 1. The van der Waals surface area contributed by atoms with Crippen LogP contribution in [0.4, 0.5) is 10.6 Å². The molecule has 154 valence electrons. The lowest BCUT2D eigenvalue weighted by Crippen LogP contribution is -2.33. The SMILES string of the molecule is CC(C)c1cnn2c(NC3=C/C=C\N(C(=O)OC(C)(C)C)C/C=C\3)cc(Cl)nc12. The van der Waals surface area contributed by atoms with E-state index in [0.717, 1.165) is 16.9 Å². The Morgan fingerprint density at radius 2 is 2.10 bits per heavy atom. The molecule has 1 aliphatic heterocycles. The number of fused-ring (bicyclic) bond motifs is 1. The molecule has 8 heteroatoms. The number of allylic oxidation sites excluding steroid dienone is 3. The number of aromatic nitrogens is 3. The molecule has 29 heavy (non-hydrogen) atoms. The third-order valence-electron chi connectivity index (χ3n) is 4.13. The van der Waals surface area contributed by atoms with Gasteiger partial charge in [0.1, 0.15) is 16.6 Å². The van der Waals surface area contributed by atoms with Crippen LogP contribution in [0.3, 0.4) is 0 Å². The van der Waals surface area contributed by atoms with Crippen molar-refractivity contribution in [2.24, 2.45) is 0 Å². The average Bonchev–Trinajstić information content (AvgIpc) is 2.99. The summed E-state index contributed by atoms with van der Waals surface area (Å²) in [7, 11) is 0. The number of nitrogens with zero attached hydrogens (tertiary/aromatic N) is 4. The molecule has 0 unspecified atom stereocenters. The summed E-state index contributed by atoms with van der Waals surface area (Å²) in [5, 5.41) is 8.18. The molecule has 0 spiro atoms. The zero-order valence-electron chi connectivity index (χ0n) is 17.3. The Bertz CT molecular complexity index is 998. The van der Waals surface area contributed by atoms with E-state index < -0.39 is 5.60 Å². The highest BCUT2D eigenvalue weighted by molar-refractivity contribution is 6.29. The van der Waals surface area contributed by atoms with E-state index in [2.05, 4.69) is 29.2 Å². The van der Waals surface area contributed by atoms with Crippen molar-refractivity contribution in [3.05, 3.63) is 59.2 Å². The fraction of sp³-hybridized carbons (Fsp3) is 0.381. The van der Waals surface area contributed by atoms with Crippen molar-refractivity contribution >= 4 is 29.2 Å². The van der Waals surface area contributed by atoms with Gasteiger partial charge in [-0.2, -0.15) is 9.61 Å². The largest absolute Gasteiger partial charge is 0.443 e. The third-order valence-corrected chi connectivity index (χ3v) is 4.33. The van der Waals surface area contributed by atoms with Gasteiger partial charge in [-0.25, -0.2) is 9.78 Å². The minimum Gasteiger partial charge on any atom is -0.443 e. The normalized spacial score (nSPS) is 18.7. The van der Waals surface area contributed by atoms with Gasteiger partial charge in [-0.1, -0.05) is 31.5 Å². The number of anilines is 1. The molecular formula is C21H26ClN5O2. The molecule has 0 aromatic carbocycles. The van der Waals surface area contributed by atoms with Crippen molar-refractivity contribution in [2.45, 2.75) is 46.1 Å². The number of rotatable bonds is 3. The fourth-order valence-corrected chi connectivity index (χ4v) is 2.98. The first-order valence-electron chi connectivity index (χ1n) is 9.50. The Balaban J connectivity index is 1.82. The molecule has 0 atom stereocenters. The van der Waals surface area contributed by atoms with Crippen molar-refractivity contribution in [1.82, 2.24) is 19.5 Å². The Morgan fingerprint density at radius 3 is 2.79 bits per heavy atom. The monoisotopic (exact) mass is 415 g/mol. The van der Waals surface area contributed by atoms with Crippen LogP contribution in [0.25, 0.3) is 5.65 Å². The van der Waals surface area contributed by atoms with Crippen LogP contribution in [-0.2, 0) is 4.74 Å². The first kappa shape index (κ1) is 20.9. The van der Waals surface area contributed by atoms with Gasteiger partial charge in [-0.05, 0) is 44.9 Å². The van der Waals surface area contributed by atoms with E-state index in [1.54, 1.807) is 22.9 Å². The Kier molecular flexibility index (Phi) is 5.98. The van der Waals surface area contributed by atoms with Crippen LogP contribution in [0.2, 0.25) is 5.15 Å². The maximum atomic E-state index is 12.2. The zero-order chi connectivity index (χ0) is 21.2. The number of carbonyl (C=O) groups excluding carboxylic acids is 1. The highest BCUT2D eigenvalue weighted by Gasteiger charge is 2.20.